The molecule has 0 spiro atoms. The lowest BCUT2D eigenvalue weighted by molar-refractivity contribution is -0.684. The molecule has 1 amide bonds. The largest absolute Gasteiger partial charge is 1.00 e. The molecule has 10 nitrogen and oxygen atoms in total. The van der Waals surface area contributed by atoms with E-state index in [0.29, 0.717) is 11.1 Å². The minimum absolute atomic E-state index is 0. The lowest BCUT2D eigenvalue weighted by atomic mass is 9.95. The van der Waals surface area contributed by atoms with Crippen LogP contribution in [-0.4, -0.2) is 57.3 Å². The van der Waals surface area contributed by atoms with Gasteiger partial charge in [0.25, 0.3) is 5.91 Å². The Bertz CT molecular complexity index is 1620. The lowest BCUT2D eigenvalue weighted by Gasteiger charge is -2.22. The predicted octanol–water partition coefficient (Wildman–Crippen LogP) is 2.43. The third kappa shape index (κ3) is 10.6. The summed E-state index contributed by atoms with van der Waals surface area (Å²) in [5, 5.41) is 3.11. The number of rotatable bonds is 9. The Morgan fingerprint density at radius 3 is 1.79 bits per heavy atom. The molecule has 47 heavy (non-hydrogen) atoms. The number of nitrogens with one attached hydrogen (secondary N) is 1. The zero-order valence-corrected chi connectivity index (χ0v) is 28.6. The zero-order valence-electron chi connectivity index (χ0n) is 27.0. The summed E-state index contributed by atoms with van der Waals surface area (Å²) in [7, 11) is 5.94. The molecule has 11 heteroatoms. The molecule has 1 fully saturated rings. The number of ether oxygens (including phenoxy) is 4. The fourth-order valence-corrected chi connectivity index (χ4v) is 5.20. The van der Waals surface area contributed by atoms with E-state index in [1.54, 1.807) is 43.3 Å². The first-order chi connectivity index (χ1) is 22.3. The molecule has 2 heterocycles. The van der Waals surface area contributed by atoms with Crippen LogP contribution in [0, 0.1) is 0 Å². The number of hydrogen-bond donors (Lipinski definition) is 1. The summed E-state index contributed by atoms with van der Waals surface area (Å²) in [6.07, 6.45) is 12.4. The van der Waals surface area contributed by atoms with Crippen LogP contribution in [0.4, 0.5) is 0 Å². The maximum Gasteiger partial charge on any atom is 0.343 e. The van der Waals surface area contributed by atoms with Gasteiger partial charge in [0.05, 0.1) is 34.0 Å². The molecular formula is C36H40BrN3O7. The molecule has 5 rings (SSSR count). The van der Waals surface area contributed by atoms with Crippen LogP contribution in [0.3, 0.4) is 0 Å². The molecular weight excluding hydrogens is 666 g/mol. The van der Waals surface area contributed by atoms with Crippen molar-refractivity contribution >= 4 is 17.8 Å². The van der Waals surface area contributed by atoms with E-state index < -0.39 is 11.9 Å². The van der Waals surface area contributed by atoms with Gasteiger partial charge in [-0.1, -0.05) is 43.5 Å². The second kappa shape index (κ2) is 18.4. The normalized spacial score (nSPS) is 12.3. The highest BCUT2D eigenvalue weighted by Gasteiger charge is 2.21. The number of methoxy groups -OCH3 is 4. The van der Waals surface area contributed by atoms with Gasteiger partial charge in [0.2, 0.25) is 6.54 Å². The molecule has 2 aromatic heterocycles. The number of pyridine rings is 2. The number of esters is 2. The molecule has 0 radical (unpaired) electrons. The molecule has 1 saturated carbocycles. The maximum absolute atomic E-state index is 12.5. The van der Waals surface area contributed by atoms with Crippen LogP contribution in [0.5, 0.6) is 11.5 Å². The van der Waals surface area contributed by atoms with Crippen LogP contribution in [-0.2, 0) is 20.8 Å². The van der Waals surface area contributed by atoms with Crippen molar-refractivity contribution in [3.8, 4) is 33.8 Å². The Balaban J connectivity index is 0.000000274. The number of carbonyl (C=O) groups excluding carboxylic acids is 3. The summed E-state index contributed by atoms with van der Waals surface area (Å²) < 4.78 is 21.6. The van der Waals surface area contributed by atoms with Gasteiger partial charge in [-0.05, 0) is 60.4 Å². The third-order valence-electron chi connectivity index (χ3n) is 7.64. The van der Waals surface area contributed by atoms with Gasteiger partial charge < -0.3 is 41.2 Å². The van der Waals surface area contributed by atoms with E-state index in [9.17, 15) is 14.4 Å². The summed E-state index contributed by atoms with van der Waals surface area (Å²) in [5.41, 5.74) is 4.42. The molecule has 2 aromatic carbocycles. The number of benzene rings is 2. The number of carbonyl (C=O) groups is 3. The van der Waals surface area contributed by atoms with E-state index >= 15 is 0 Å². The van der Waals surface area contributed by atoms with Gasteiger partial charge in [0.15, 0.2) is 12.4 Å². The minimum Gasteiger partial charge on any atom is -1.00 e. The van der Waals surface area contributed by atoms with E-state index in [-0.39, 0.29) is 35.5 Å². The molecule has 0 saturated heterocycles. The van der Waals surface area contributed by atoms with Crippen molar-refractivity contribution in [2.75, 3.05) is 28.4 Å². The van der Waals surface area contributed by atoms with E-state index in [0.717, 1.165) is 59.4 Å². The second-order valence-electron chi connectivity index (χ2n) is 10.8. The molecule has 248 valence electrons. The van der Waals surface area contributed by atoms with Crippen molar-refractivity contribution in [1.82, 2.24) is 10.3 Å². The van der Waals surface area contributed by atoms with Crippen LogP contribution in [0.25, 0.3) is 22.3 Å². The summed E-state index contributed by atoms with van der Waals surface area (Å²) in [6, 6.07) is 18.9. The average molecular weight is 707 g/mol. The third-order valence-corrected chi connectivity index (χ3v) is 7.64. The monoisotopic (exact) mass is 705 g/mol. The van der Waals surface area contributed by atoms with Gasteiger partial charge >= 0.3 is 11.9 Å². The van der Waals surface area contributed by atoms with Crippen molar-refractivity contribution in [3.63, 3.8) is 0 Å². The first-order valence-corrected chi connectivity index (χ1v) is 15.1. The van der Waals surface area contributed by atoms with E-state index in [1.165, 1.54) is 26.8 Å². The number of halogens is 1. The van der Waals surface area contributed by atoms with Gasteiger partial charge in [0.1, 0.15) is 17.1 Å². The first-order valence-electron chi connectivity index (χ1n) is 15.1. The highest BCUT2D eigenvalue weighted by atomic mass is 79.9. The molecule has 0 bridgehead atoms. The molecule has 1 aliphatic rings. The number of hydrogen-bond acceptors (Lipinski definition) is 8. The van der Waals surface area contributed by atoms with Crippen molar-refractivity contribution in [1.29, 1.82) is 0 Å². The van der Waals surface area contributed by atoms with Crippen LogP contribution in [0.15, 0.2) is 85.5 Å². The summed E-state index contributed by atoms with van der Waals surface area (Å²) in [5.74, 6) is 0.678. The second-order valence-corrected chi connectivity index (χ2v) is 10.8. The van der Waals surface area contributed by atoms with E-state index in [4.69, 9.17) is 14.2 Å². The predicted molar refractivity (Wildman–Crippen MR) is 173 cm³/mol. The van der Waals surface area contributed by atoms with Gasteiger partial charge in [-0.15, -0.1) is 0 Å². The van der Waals surface area contributed by atoms with Crippen LogP contribution < -0.4 is 36.3 Å². The smallest absolute Gasteiger partial charge is 0.343 e. The van der Waals surface area contributed by atoms with Crippen LogP contribution in [0.1, 0.15) is 52.8 Å². The molecule has 0 atom stereocenters. The van der Waals surface area contributed by atoms with Crippen LogP contribution >= 0.6 is 0 Å². The quantitative estimate of drug-likeness (QED) is 0.209. The summed E-state index contributed by atoms with van der Waals surface area (Å²) >= 11 is 0. The lowest BCUT2D eigenvalue weighted by Crippen LogP contribution is -3.00. The number of amides is 1. The fourth-order valence-electron chi connectivity index (χ4n) is 5.20. The molecule has 4 aromatic rings. The topological polar surface area (TPSA) is 117 Å². The maximum atomic E-state index is 12.5. The minimum atomic E-state index is -0.434. The zero-order chi connectivity index (χ0) is 32.9. The van der Waals surface area contributed by atoms with Crippen molar-refractivity contribution < 1.29 is 54.9 Å². The Morgan fingerprint density at radius 2 is 1.23 bits per heavy atom. The highest BCUT2D eigenvalue weighted by molar-refractivity contribution is 5.91. The molecule has 0 aliphatic heterocycles. The van der Waals surface area contributed by atoms with Crippen molar-refractivity contribution in [2.45, 2.75) is 44.7 Å². The Kier molecular flexibility index (Phi) is 14.4. The van der Waals surface area contributed by atoms with Gasteiger partial charge in [-0.25, -0.2) is 9.59 Å². The number of nitrogens with zero attached hydrogens (tertiary/aromatic N) is 2. The fraction of sp³-hybridized carbons (Fsp3) is 0.306. The Hall–Kier alpha value is -4.77. The average Bonchev–Trinajstić information content (AvgIpc) is 3.11. The standard InChI is InChI=1S/C22H26N2O4.C14H13NO3.BrH/c1-27-20-10-8-16(9-11-20)17-12-18(22(26)28-2)14-24(13-17)15-21(25)23-19-6-4-3-5-7-19;1-17-13-5-3-10(4-6-13)11-7-12(9-15-8-11)14(16)18-2;/h8-14,19H,3-7,15H2,1-2H3;3-9H,1-2H3;1H. The van der Waals surface area contributed by atoms with Gasteiger partial charge in [-0.2, -0.15) is 4.57 Å². The van der Waals surface area contributed by atoms with E-state index in [2.05, 4.69) is 15.0 Å². The summed E-state index contributed by atoms with van der Waals surface area (Å²) in [6.45, 7) is 0.157. The summed E-state index contributed by atoms with van der Waals surface area (Å²) in [4.78, 5) is 40.0. The van der Waals surface area contributed by atoms with E-state index in [1.807, 2.05) is 54.7 Å². The highest BCUT2D eigenvalue weighted by Crippen LogP contribution is 2.24. The molecule has 1 aliphatic carbocycles. The molecule has 0 unspecified atom stereocenters. The van der Waals surface area contributed by atoms with Crippen molar-refractivity contribution in [2.24, 2.45) is 0 Å². The number of aromatic nitrogens is 2. The SMILES string of the molecule is COC(=O)c1cc(-c2ccc(OC)cc2)c[n+](CC(=O)NC2CCCCC2)c1.COC(=O)c1cncc(-c2ccc(OC)cc2)c1.[Br-]. The van der Waals surface area contributed by atoms with Crippen molar-refractivity contribution in [3.05, 3.63) is 96.6 Å². The Morgan fingerprint density at radius 1 is 0.702 bits per heavy atom. The first kappa shape index (κ1) is 36.7. The molecule has 1 N–H and O–H groups in total. The van der Waals surface area contributed by atoms with Crippen LogP contribution in [0.2, 0.25) is 0 Å². The van der Waals surface area contributed by atoms with Gasteiger partial charge in [-0.3, -0.25) is 9.78 Å². The van der Waals surface area contributed by atoms with Gasteiger partial charge in [0, 0.05) is 29.6 Å². The Labute approximate surface area is 285 Å².